The van der Waals surface area contributed by atoms with Gasteiger partial charge >= 0.3 is 0 Å². The number of carbonyl (C=O) groups excluding carboxylic acids is 1. The van der Waals surface area contributed by atoms with E-state index < -0.39 is 5.82 Å². The first-order valence-electron chi connectivity index (χ1n) is 8.20. The fourth-order valence-corrected chi connectivity index (χ4v) is 2.82. The van der Waals surface area contributed by atoms with Crippen molar-refractivity contribution in [2.75, 3.05) is 26.8 Å². The molecule has 0 aliphatic carbocycles. The van der Waals surface area contributed by atoms with E-state index in [-0.39, 0.29) is 29.9 Å². The first-order valence-corrected chi connectivity index (χ1v) is 8.20. The largest absolute Gasteiger partial charge is 0.481 e. The van der Waals surface area contributed by atoms with Gasteiger partial charge in [0.05, 0.1) is 19.8 Å². The van der Waals surface area contributed by atoms with Crippen LogP contribution in [-0.4, -0.2) is 37.6 Å². The van der Waals surface area contributed by atoms with Gasteiger partial charge in [-0.1, -0.05) is 12.1 Å². The van der Waals surface area contributed by atoms with Crippen LogP contribution in [0, 0.1) is 17.1 Å². The topological polar surface area (TPSA) is 84.2 Å². The molecule has 0 unspecified atom stereocenters. The number of carbonyl (C=O) groups is 1. The van der Waals surface area contributed by atoms with Crippen LogP contribution in [0.5, 0.6) is 5.88 Å². The number of ether oxygens (including phenoxy) is 2. The molecule has 26 heavy (non-hydrogen) atoms. The number of rotatable bonds is 5. The van der Waals surface area contributed by atoms with Crippen LogP contribution in [-0.2, 0) is 11.2 Å². The third-order valence-electron chi connectivity index (χ3n) is 4.15. The van der Waals surface area contributed by atoms with Crippen molar-refractivity contribution in [2.24, 2.45) is 0 Å². The lowest BCUT2D eigenvalue weighted by Crippen LogP contribution is -2.33. The molecule has 0 amide bonds. The first kappa shape index (κ1) is 18.0. The highest BCUT2D eigenvalue weighted by atomic mass is 19.1. The van der Waals surface area contributed by atoms with Crippen LogP contribution in [0.1, 0.15) is 33.3 Å². The monoisotopic (exact) mass is 355 g/mol. The number of aromatic nitrogens is 1. The Hall–Kier alpha value is -2.82. The van der Waals surface area contributed by atoms with Gasteiger partial charge in [0.15, 0.2) is 5.78 Å². The standard InChI is InChI=1S/C19H18FN3O3/c1-25-19-9-13(8-14(10-21)23-19)17(24)7-12-2-3-15(16(20)6-12)18-11-22-4-5-26-18/h2-3,6,8-9,18,22H,4-5,7,11H2,1H3/t18-/m1/s1. The molecule has 1 aromatic heterocycles. The molecule has 6 nitrogen and oxygen atoms in total. The molecule has 1 aromatic carbocycles. The quantitative estimate of drug-likeness (QED) is 0.828. The van der Waals surface area contributed by atoms with Crippen LogP contribution >= 0.6 is 0 Å². The van der Waals surface area contributed by atoms with E-state index in [0.717, 1.165) is 6.54 Å². The maximum atomic E-state index is 14.4. The molecular weight excluding hydrogens is 337 g/mol. The number of nitriles is 1. The number of Topliss-reactive ketones (excluding diaryl/α,β-unsaturated/α-hetero) is 1. The normalized spacial score (nSPS) is 16.7. The molecule has 2 aromatic rings. The average Bonchev–Trinajstić information content (AvgIpc) is 2.68. The Balaban J connectivity index is 1.77. The number of halogens is 1. The highest BCUT2D eigenvalue weighted by Crippen LogP contribution is 2.23. The third kappa shape index (κ3) is 4.04. The number of ketones is 1. The van der Waals surface area contributed by atoms with E-state index in [2.05, 4.69) is 10.3 Å². The van der Waals surface area contributed by atoms with Gasteiger partial charge in [0.2, 0.25) is 5.88 Å². The average molecular weight is 355 g/mol. The zero-order valence-electron chi connectivity index (χ0n) is 14.3. The summed E-state index contributed by atoms with van der Waals surface area (Å²) in [7, 11) is 1.41. The highest BCUT2D eigenvalue weighted by Gasteiger charge is 2.20. The molecule has 1 saturated heterocycles. The minimum absolute atomic E-state index is 0.0129. The van der Waals surface area contributed by atoms with Gasteiger partial charge in [-0.2, -0.15) is 5.26 Å². The van der Waals surface area contributed by atoms with Crippen LogP contribution in [0.2, 0.25) is 0 Å². The van der Waals surface area contributed by atoms with Crippen molar-refractivity contribution in [3.05, 3.63) is 58.5 Å². The molecule has 0 spiro atoms. The SMILES string of the molecule is COc1cc(C(=O)Cc2ccc([C@H]3CNCCO3)c(F)c2)cc(C#N)n1. The Morgan fingerprint density at radius 1 is 1.46 bits per heavy atom. The summed E-state index contributed by atoms with van der Waals surface area (Å²) in [6.45, 7) is 1.85. The second-order valence-corrected chi connectivity index (χ2v) is 5.91. The van der Waals surface area contributed by atoms with Crippen molar-refractivity contribution in [1.82, 2.24) is 10.3 Å². The van der Waals surface area contributed by atoms with Gasteiger partial charge in [-0.05, 0) is 17.7 Å². The van der Waals surface area contributed by atoms with E-state index in [1.807, 2.05) is 6.07 Å². The number of benzene rings is 1. The van der Waals surface area contributed by atoms with Crippen molar-refractivity contribution in [3.63, 3.8) is 0 Å². The molecule has 1 aliphatic rings. The van der Waals surface area contributed by atoms with Crippen LogP contribution in [0.3, 0.4) is 0 Å². The van der Waals surface area contributed by atoms with Gasteiger partial charge in [0.25, 0.3) is 0 Å². The summed E-state index contributed by atoms with van der Waals surface area (Å²) >= 11 is 0. The van der Waals surface area contributed by atoms with E-state index in [4.69, 9.17) is 14.7 Å². The molecule has 0 saturated carbocycles. The second-order valence-electron chi connectivity index (χ2n) is 5.91. The molecule has 3 rings (SSSR count). The molecule has 1 N–H and O–H groups in total. The van der Waals surface area contributed by atoms with Crippen molar-refractivity contribution < 1.29 is 18.7 Å². The molecule has 2 heterocycles. The lowest BCUT2D eigenvalue weighted by molar-refractivity contribution is 0.0255. The molecule has 134 valence electrons. The summed E-state index contributed by atoms with van der Waals surface area (Å²) in [5.74, 6) is -0.449. The fraction of sp³-hybridized carbons (Fsp3) is 0.316. The molecule has 0 radical (unpaired) electrons. The number of hydrogen-bond acceptors (Lipinski definition) is 6. The zero-order valence-corrected chi connectivity index (χ0v) is 14.3. The second kappa shape index (κ2) is 8.04. The number of methoxy groups -OCH3 is 1. The van der Waals surface area contributed by atoms with Crippen molar-refractivity contribution in [1.29, 1.82) is 5.26 Å². The van der Waals surface area contributed by atoms with E-state index in [1.54, 1.807) is 12.1 Å². The van der Waals surface area contributed by atoms with Crippen molar-refractivity contribution in [3.8, 4) is 11.9 Å². The molecule has 1 atom stereocenters. The summed E-state index contributed by atoms with van der Waals surface area (Å²) in [5.41, 5.74) is 1.42. The summed E-state index contributed by atoms with van der Waals surface area (Å²) in [4.78, 5) is 16.4. The maximum absolute atomic E-state index is 14.4. The third-order valence-corrected chi connectivity index (χ3v) is 4.15. The Bertz CT molecular complexity index is 858. The van der Waals surface area contributed by atoms with Gasteiger partial charge in [-0.15, -0.1) is 0 Å². The molecule has 1 aliphatic heterocycles. The lowest BCUT2D eigenvalue weighted by atomic mass is 9.99. The van der Waals surface area contributed by atoms with Gasteiger partial charge < -0.3 is 14.8 Å². The van der Waals surface area contributed by atoms with Gasteiger partial charge in [0, 0.05) is 36.7 Å². The van der Waals surface area contributed by atoms with Crippen molar-refractivity contribution >= 4 is 5.78 Å². The predicted molar refractivity (Wildman–Crippen MR) is 91.5 cm³/mol. The van der Waals surface area contributed by atoms with Gasteiger partial charge in [-0.3, -0.25) is 4.79 Å². The minimum Gasteiger partial charge on any atom is -0.481 e. The smallest absolute Gasteiger partial charge is 0.214 e. The molecule has 1 fully saturated rings. The van der Waals surface area contributed by atoms with Crippen LogP contribution in [0.25, 0.3) is 0 Å². The van der Waals surface area contributed by atoms with E-state index in [9.17, 15) is 9.18 Å². The molecular formula is C19H18FN3O3. The Kier molecular flexibility index (Phi) is 5.56. The Labute approximate surface area is 150 Å². The van der Waals surface area contributed by atoms with Crippen molar-refractivity contribution in [2.45, 2.75) is 12.5 Å². The zero-order chi connectivity index (χ0) is 18.5. The molecule has 0 bridgehead atoms. The van der Waals surface area contributed by atoms with E-state index in [0.29, 0.717) is 29.8 Å². The summed E-state index contributed by atoms with van der Waals surface area (Å²) in [5, 5.41) is 12.2. The minimum atomic E-state index is -0.394. The fourth-order valence-electron chi connectivity index (χ4n) is 2.82. The number of hydrogen-bond donors (Lipinski definition) is 1. The van der Waals surface area contributed by atoms with Crippen LogP contribution in [0.15, 0.2) is 30.3 Å². The van der Waals surface area contributed by atoms with Gasteiger partial charge in [0.1, 0.15) is 17.6 Å². The number of nitrogens with zero attached hydrogens (tertiary/aromatic N) is 2. The summed E-state index contributed by atoms with van der Waals surface area (Å²) in [6.07, 6.45) is -0.310. The van der Waals surface area contributed by atoms with E-state index in [1.165, 1.54) is 25.3 Å². The summed E-state index contributed by atoms with van der Waals surface area (Å²) < 4.78 is 25.0. The number of pyridine rings is 1. The predicted octanol–water partition coefficient (Wildman–Crippen LogP) is 2.19. The van der Waals surface area contributed by atoms with E-state index >= 15 is 0 Å². The Morgan fingerprint density at radius 2 is 2.31 bits per heavy atom. The highest BCUT2D eigenvalue weighted by molar-refractivity contribution is 5.98. The molecule has 7 heteroatoms. The maximum Gasteiger partial charge on any atom is 0.214 e. The first-order chi connectivity index (χ1) is 12.6. The summed E-state index contributed by atoms with van der Waals surface area (Å²) in [6, 6.07) is 9.49. The van der Waals surface area contributed by atoms with Crippen LogP contribution in [0.4, 0.5) is 4.39 Å². The number of morpholine rings is 1. The van der Waals surface area contributed by atoms with Crippen LogP contribution < -0.4 is 10.1 Å². The number of nitrogens with one attached hydrogen (secondary N) is 1. The lowest BCUT2D eigenvalue weighted by Gasteiger charge is -2.24. The Morgan fingerprint density at radius 3 is 2.96 bits per heavy atom. The van der Waals surface area contributed by atoms with Gasteiger partial charge in [-0.25, -0.2) is 9.37 Å².